The van der Waals surface area contributed by atoms with Gasteiger partial charge in [-0.2, -0.15) is 0 Å². The van der Waals surface area contributed by atoms with Gasteiger partial charge in [-0.15, -0.1) is 0 Å². The van der Waals surface area contributed by atoms with Crippen LogP contribution in [-0.4, -0.2) is 26.2 Å². The lowest BCUT2D eigenvalue weighted by molar-refractivity contribution is -0.120. The van der Waals surface area contributed by atoms with E-state index in [9.17, 15) is 25.2 Å². The molecule has 0 radical (unpaired) electrons. The summed E-state index contributed by atoms with van der Waals surface area (Å²) in [6.45, 7) is 4.47. The number of hydrogen-bond acceptors (Lipinski definition) is 5. The summed E-state index contributed by atoms with van der Waals surface area (Å²) in [4.78, 5) is 11.1. The molecule has 0 saturated heterocycles. The van der Waals surface area contributed by atoms with Crippen LogP contribution >= 0.6 is 0 Å². The number of carbonyl (C=O) groups excluding carboxylic acids is 1. The molecule has 1 atom stereocenters. The molecule has 0 saturated carbocycles. The molecule has 1 aromatic rings. The number of phenolic OH excluding ortho intramolecular Hbond substituents is 4. The normalized spacial score (nSPS) is 12.4. The molecule has 1 rings (SSSR count). The van der Waals surface area contributed by atoms with E-state index in [-0.39, 0.29) is 29.1 Å². The Kier molecular flexibility index (Phi) is 3.50. The third-order valence-corrected chi connectivity index (χ3v) is 2.94. The molecule has 17 heavy (non-hydrogen) atoms. The van der Waals surface area contributed by atoms with E-state index in [0.29, 0.717) is 0 Å². The van der Waals surface area contributed by atoms with E-state index in [1.807, 2.05) is 0 Å². The van der Waals surface area contributed by atoms with Crippen LogP contribution in [-0.2, 0) is 11.2 Å². The molecule has 0 fully saturated rings. The smallest absolute Gasteiger partial charge is 0.201 e. The van der Waals surface area contributed by atoms with Gasteiger partial charge in [0.15, 0.2) is 11.5 Å². The monoisotopic (exact) mass is 240 g/mol. The lowest BCUT2D eigenvalue weighted by Gasteiger charge is -2.15. The van der Waals surface area contributed by atoms with Crippen molar-refractivity contribution in [2.75, 3.05) is 0 Å². The van der Waals surface area contributed by atoms with Crippen molar-refractivity contribution >= 4 is 5.78 Å². The van der Waals surface area contributed by atoms with Crippen molar-refractivity contribution in [3.05, 3.63) is 11.1 Å². The zero-order valence-corrected chi connectivity index (χ0v) is 9.98. The molecule has 1 unspecified atom stereocenters. The van der Waals surface area contributed by atoms with Crippen molar-refractivity contribution < 1.29 is 25.2 Å². The van der Waals surface area contributed by atoms with Gasteiger partial charge in [-0.1, -0.05) is 6.92 Å². The highest BCUT2D eigenvalue weighted by atomic mass is 16.3. The fourth-order valence-electron chi connectivity index (χ4n) is 1.53. The first-order valence-electron chi connectivity index (χ1n) is 5.23. The van der Waals surface area contributed by atoms with Crippen LogP contribution in [0.1, 0.15) is 25.0 Å². The Bertz CT molecular complexity index is 435. The molecule has 94 valence electrons. The Morgan fingerprint density at radius 1 is 1.06 bits per heavy atom. The van der Waals surface area contributed by atoms with E-state index < -0.39 is 23.2 Å². The predicted molar refractivity (Wildman–Crippen MR) is 61.4 cm³/mol. The molecule has 1 aromatic carbocycles. The first-order valence-corrected chi connectivity index (χ1v) is 5.23. The van der Waals surface area contributed by atoms with Gasteiger partial charge in [-0.3, -0.25) is 4.79 Å². The van der Waals surface area contributed by atoms with E-state index in [2.05, 4.69) is 0 Å². The lowest BCUT2D eigenvalue weighted by Crippen LogP contribution is -2.10. The van der Waals surface area contributed by atoms with Crippen LogP contribution in [0.15, 0.2) is 0 Å². The van der Waals surface area contributed by atoms with Gasteiger partial charge < -0.3 is 20.4 Å². The molecule has 0 aliphatic rings. The maximum Gasteiger partial charge on any atom is 0.201 e. The molecule has 0 aromatic heterocycles. The largest absolute Gasteiger partial charge is 0.507 e. The van der Waals surface area contributed by atoms with Gasteiger partial charge in [0.05, 0.1) is 0 Å². The minimum absolute atomic E-state index is 0.0699. The summed E-state index contributed by atoms with van der Waals surface area (Å²) in [5.41, 5.74) is 0.145. The highest BCUT2D eigenvalue weighted by Crippen LogP contribution is 2.46. The van der Waals surface area contributed by atoms with Crippen molar-refractivity contribution in [2.45, 2.75) is 27.2 Å². The lowest BCUT2D eigenvalue weighted by atomic mass is 9.94. The van der Waals surface area contributed by atoms with E-state index >= 15 is 0 Å². The topological polar surface area (TPSA) is 98.0 Å². The second-order valence-corrected chi connectivity index (χ2v) is 4.21. The van der Waals surface area contributed by atoms with Gasteiger partial charge in [-0.05, 0) is 20.3 Å². The second-order valence-electron chi connectivity index (χ2n) is 4.21. The Balaban J connectivity index is 3.30. The molecule has 0 amide bonds. The summed E-state index contributed by atoms with van der Waals surface area (Å²) in [7, 11) is 0. The number of rotatable bonds is 3. The molecule has 4 N–H and O–H groups in total. The maximum absolute atomic E-state index is 11.1. The summed E-state index contributed by atoms with van der Waals surface area (Å²) in [6.07, 6.45) is 0.0989. The summed E-state index contributed by atoms with van der Waals surface area (Å²) >= 11 is 0. The predicted octanol–water partition coefficient (Wildman–Crippen LogP) is 1.59. The zero-order chi connectivity index (χ0) is 13.3. The van der Waals surface area contributed by atoms with Crippen LogP contribution in [0.5, 0.6) is 23.0 Å². The van der Waals surface area contributed by atoms with Gasteiger partial charge in [0, 0.05) is 17.0 Å². The van der Waals surface area contributed by atoms with Crippen LogP contribution in [0.2, 0.25) is 0 Å². The minimum Gasteiger partial charge on any atom is -0.507 e. The molecular weight excluding hydrogens is 224 g/mol. The fraction of sp³-hybridized carbons (Fsp3) is 0.417. The van der Waals surface area contributed by atoms with Crippen LogP contribution in [0.25, 0.3) is 0 Å². The van der Waals surface area contributed by atoms with Crippen molar-refractivity contribution in [2.24, 2.45) is 5.92 Å². The van der Waals surface area contributed by atoms with Crippen LogP contribution in [0.4, 0.5) is 0 Å². The van der Waals surface area contributed by atoms with Gasteiger partial charge in [0.1, 0.15) is 11.5 Å². The van der Waals surface area contributed by atoms with Crippen LogP contribution in [0.3, 0.4) is 0 Å². The number of ketones is 1. The van der Waals surface area contributed by atoms with Gasteiger partial charge in [-0.25, -0.2) is 0 Å². The summed E-state index contributed by atoms with van der Waals surface area (Å²) in [5, 5.41) is 38.3. The Morgan fingerprint density at radius 2 is 1.59 bits per heavy atom. The molecule has 0 spiro atoms. The van der Waals surface area contributed by atoms with Crippen molar-refractivity contribution in [3.63, 3.8) is 0 Å². The molecule has 0 heterocycles. The van der Waals surface area contributed by atoms with Gasteiger partial charge >= 0.3 is 0 Å². The van der Waals surface area contributed by atoms with Crippen molar-refractivity contribution in [1.29, 1.82) is 0 Å². The standard InChI is InChI=1S/C12H16O5/c1-5(7(3)13)4-8-9(14)6(2)10(15)12(17)11(8)16/h5,14-17H,4H2,1-3H3. The third kappa shape index (κ3) is 2.27. The third-order valence-electron chi connectivity index (χ3n) is 2.94. The highest BCUT2D eigenvalue weighted by molar-refractivity contribution is 5.78. The maximum atomic E-state index is 11.1. The van der Waals surface area contributed by atoms with E-state index in [4.69, 9.17) is 0 Å². The SMILES string of the molecule is CC(=O)C(C)Cc1c(O)c(C)c(O)c(O)c1O. The second kappa shape index (κ2) is 4.53. The number of aromatic hydroxyl groups is 4. The van der Waals surface area contributed by atoms with Crippen LogP contribution < -0.4 is 0 Å². The Hall–Kier alpha value is -1.91. The van der Waals surface area contributed by atoms with Gasteiger partial charge in [0.2, 0.25) is 5.75 Å². The fourth-order valence-corrected chi connectivity index (χ4v) is 1.53. The Morgan fingerprint density at radius 3 is 2.06 bits per heavy atom. The number of hydrogen-bond donors (Lipinski definition) is 4. The van der Waals surface area contributed by atoms with Crippen molar-refractivity contribution in [1.82, 2.24) is 0 Å². The van der Waals surface area contributed by atoms with E-state index in [0.717, 1.165) is 0 Å². The van der Waals surface area contributed by atoms with Gasteiger partial charge in [0.25, 0.3) is 0 Å². The molecule has 5 heteroatoms. The first-order chi connectivity index (χ1) is 7.77. The quantitative estimate of drug-likeness (QED) is 0.475. The first kappa shape index (κ1) is 13.2. The molecular formula is C12H16O5. The summed E-state index contributed by atoms with van der Waals surface area (Å²) in [5.74, 6) is -2.60. The average Bonchev–Trinajstić information content (AvgIpc) is 2.29. The van der Waals surface area contributed by atoms with Crippen LogP contribution in [0, 0.1) is 12.8 Å². The number of carbonyl (C=O) groups is 1. The summed E-state index contributed by atoms with van der Waals surface area (Å²) < 4.78 is 0. The van der Waals surface area contributed by atoms with E-state index in [1.54, 1.807) is 6.92 Å². The van der Waals surface area contributed by atoms with Crippen molar-refractivity contribution in [3.8, 4) is 23.0 Å². The Labute approximate surface area is 99.0 Å². The average molecular weight is 240 g/mol. The number of phenols is 4. The highest BCUT2D eigenvalue weighted by Gasteiger charge is 2.23. The zero-order valence-electron chi connectivity index (χ0n) is 9.98. The molecule has 0 aliphatic carbocycles. The molecule has 5 nitrogen and oxygen atoms in total. The number of Topliss-reactive ketones (excluding diaryl/α,β-unsaturated/α-hetero) is 1. The van der Waals surface area contributed by atoms with E-state index in [1.165, 1.54) is 13.8 Å². The number of benzene rings is 1. The molecule has 0 bridgehead atoms. The summed E-state index contributed by atoms with van der Waals surface area (Å²) in [6, 6.07) is 0. The molecule has 0 aliphatic heterocycles. The minimum atomic E-state index is -0.675.